The number of benzene rings is 1. The summed E-state index contributed by atoms with van der Waals surface area (Å²) < 4.78 is 44.2. The Kier molecular flexibility index (Phi) is 7.49. The van der Waals surface area contributed by atoms with E-state index in [1.807, 2.05) is 0 Å². The molecule has 9 heteroatoms. The first-order valence-electron chi connectivity index (χ1n) is 8.68. The minimum Gasteiger partial charge on any atom is -0.452 e. The van der Waals surface area contributed by atoms with E-state index in [1.54, 1.807) is 0 Å². The maximum Gasteiger partial charge on any atom is 0.341 e. The molecule has 1 amide bonds. The highest BCUT2D eigenvalue weighted by Crippen LogP contribution is 2.19. The molecule has 27 heavy (non-hydrogen) atoms. The maximum atomic E-state index is 13.8. The third-order valence-electron chi connectivity index (χ3n) is 4.22. The zero-order chi connectivity index (χ0) is 19.9. The van der Waals surface area contributed by atoms with Gasteiger partial charge in [-0.05, 0) is 57.4 Å². The summed E-state index contributed by atoms with van der Waals surface area (Å²) in [4.78, 5) is 23.5. The molecule has 148 valence electrons. The Morgan fingerprint density at radius 2 is 2.04 bits per heavy atom. The Labute approximate surface area is 158 Å². The molecule has 0 aliphatic heterocycles. The minimum absolute atomic E-state index is 0.274. The number of nitrogens with one attached hydrogen (secondary N) is 2. The van der Waals surface area contributed by atoms with Crippen molar-refractivity contribution in [3.05, 3.63) is 41.2 Å². The second-order valence-electron chi connectivity index (χ2n) is 6.13. The smallest absolute Gasteiger partial charge is 0.341 e. The third kappa shape index (κ3) is 6.14. The Bertz CT molecular complexity index is 836. The summed E-state index contributed by atoms with van der Waals surface area (Å²) in [5.74, 6) is -2.54. The molecule has 0 heterocycles. The van der Waals surface area contributed by atoms with Gasteiger partial charge in [0.15, 0.2) is 6.61 Å². The molecule has 7 nitrogen and oxygen atoms in total. The van der Waals surface area contributed by atoms with Crippen LogP contribution in [0.5, 0.6) is 0 Å². The van der Waals surface area contributed by atoms with Crippen LogP contribution in [0.3, 0.4) is 0 Å². The fourth-order valence-electron chi connectivity index (χ4n) is 2.70. The molecule has 0 saturated heterocycles. The molecule has 2 rings (SSSR count). The van der Waals surface area contributed by atoms with Gasteiger partial charge in [-0.25, -0.2) is 22.3 Å². The molecule has 0 fully saturated rings. The van der Waals surface area contributed by atoms with Gasteiger partial charge < -0.3 is 10.1 Å². The molecular weight excluding hydrogens is 375 g/mol. The Balaban J connectivity index is 1.86. The highest BCUT2D eigenvalue weighted by molar-refractivity contribution is 7.89. The molecule has 1 aromatic carbocycles. The lowest BCUT2D eigenvalue weighted by molar-refractivity contribution is -0.124. The summed E-state index contributed by atoms with van der Waals surface area (Å²) in [6, 6.07) is 2.76. The average Bonchev–Trinajstić information content (AvgIpc) is 2.67. The molecule has 0 bridgehead atoms. The Morgan fingerprint density at radius 3 is 2.70 bits per heavy atom. The van der Waals surface area contributed by atoms with Crippen molar-refractivity contribution in [1.29, 1.82) is 0 Å². The monoisotopic (exact) mass is 398 g/mol. The predicted molar refractivity (Wildman–Crippen MR) is 97.1 cm³/mol. The fraction of sp³-hybridized carbons (Fsp3) is 0.444. The van der Waals surface area contributed by atoms with E-state index in [1.165, 1.54) is 19.0 Å². The van der Waals surface area contributed by atoms with Crippen LogP contribution in [0, 0.1) is 5.82 Å². The van der Waals surface area contributed by atoms with Crippen LogP contribution >= 0.6 is 0 Å². The van der Waals surface area contributed by atoms with Gasteiger partial charge in [-0.15, -0.1) is 0 Å². The van der Waals surface area contributed by atoms with Crippen molar-refractivity contribution in [2.45, 2.75) is 37.0 Å². The lowest BCUT2D eigenvalue weighted by Crippen LogP contribution is -2.30. The van der Waals surface area contributed by atoms with Gasteiger partial charge in [-0.1, -0.05) is 11.6 Å². The largest absolute Gasteiger partial charge is 0.452 e. The van der Waals surface area contributed by atoms with Crippen LogP contribution in [0.2, 0.25) is 0 Å². The number of ether oxygens (including phenoxy) is 1. The summed E-state index contributed by atoms with van der Waals surface area (Å²) in [7, 11) is -2.64. The van der Waals surface area contributed by atoms with E-state index < -0.39 is 39.9 Å². The van der Waals surface area contributed by atoms with Crippen LogP contribution in [-0.2, 0) is 19.6 Å². The van der Waals surface area contributed by atoms with Crippen molar-refractivity contribution in [2.75, 3.05) is 20.2 Å². The SMILES string of the molecule is CNS(=O)(=O)c1ccc(F)c(C(=O)OCC(=O)NCCC2=CCCCC2)c1. The van der Waals surface area contributed by atoms with E-state index in [4.69, 9.17) is 4.74 Å². The first-order valence-corrected chi connectivity index (χ1v) is 10.2. The second kappa shape index (κ2) is 9.61. The first kappa shape index (κ1) is 21.0. The van der Waals surface area contributed by atoms with Gasteiger partial charge >= 0.3 is 5.97 Å². The maximum absolute atomic E-state index is 13.8. The number of halogens is 1. The summed E-state index contributed by atoms with van der Waals surface area (Å²) in [6.07, 6.45) is 7.39. The Hall–Kier alpha value is -2.26. The molecule has 0 spiro atoms. The number of sulfonamides is 1. The second-order valence-corrected chi connectivity index (χ2v) is 8.02. The summed E-state index contributed by atoms with van der Waals surface area (Å²) in [5.41, 5.74) is 0.759. The molecule has 1 aromatic rings. The van der Waals surface area contributed by atoms with Crippen molar-refractivity contribution < 1.29 is 27.1 Å². The van der Waals surface area contributed by atoms with Crippen LogP contribution < -0.4 is 10.0 Å². The molecule has 0 radical (unpaired) electrons. The first-order chi connectivity index (χ1) is 12.8. The fourth-order valence-corrected chi connectivity index (χ4v) is 3.46. The van der Waals surface area contributed by atoms with Gasteiger partial charge in [0.1, 0.15) is 5.82 Å². The van der Waals surface area contributed by atoms with E-state index in [0.29, 0.717) is 6.54 Å². The van der Waals surface area contributed by atoms with E-state index in [-0.39, 0.29) is 4.90 Å². The zero-order valence-corrected chi connectivity index (χ0v) is 15.9. The normalized spacial score (nSPS) is 14.4. The van der Waals surface area contributed by atoms with Gasteiger partial charge in [-0.2, -0.15) is 0 Å². The van der Waals surface area contributed by atoms with Gasteiger partial charge in [0.25, 0.3) is 5.91 Å². The zero-order valence-electron chi connectivity index (χ0n) is 15.1. The van der Waals surface area contributed by atoms with Crippen LogP contribution in [-0.4, -0.2) is 40.5 Å². The number of hydrogen-bond acceptors (Lipinski definition) is 5. The quantitative estimate of drug-likeness (QED) is 0.514. The summed E-state index contributed by atoms with van der Waals surface area (Å²) >= 11 is 0. The number of carbonyl (C=O) groups excluding carboxylic acids is 2. The number of esters is 1. The van der Waals surface area contributed by atoms with Crippen LogP contribution in [0.1, 0.15) is 42.5 Å². The molecule has 2 N–H and O–H groups in total. The van der Waals surface area contributed by atoms with E-state index >= 15 is 0 Å². The van der Waals surface area contributed by atoms with Gasteiger partial charge in [0, 0.05) is 6.54 Å². The van der Waals surface area contributed by atoms with Crippen LogP contribution in [0.25, 0.3) is 0 Å². The van der Waals surface area contributed by atoms with E-state index in [9.17, 15) is 22.4 Å². The molecule has 0 saturated carbocycles. The highest BCUT2D eigenvalue weighted by Gasteiger charge is 2.20. The molecular formula is C18H23FN2O5S. The highest BCUT2D eigenvalue weighted by atomic mass is 32.2. The molecule has 1 aliphatic rings. The van der Waals surface area contributed by atoms with E-state index in [0.717, 1.165) is 43.9 Å². The Morgan fingerprint density at radius 1 is 1.26 bits per heavy atom. The summed E-state index contributed by atoms with van der Waals surface area (Å²) in [6.45, 7) is -0.132. The van der Waals surface area contributed by atoms with Crippen molar-refractivity contribution >= 4 is 21.9 Å². The minimum atomic E-state index is -3.83. The van der Waals surface area contributed by atoms with E-state index in [2.05, 4.69) is 16.1 Å². The number of amides is 1. The lowest BCUT2D eigenvalue weighted by Gasteiger charge is -2.13. The molecule has 0 unspecified atom stereocenters. The number of allylic oxidation sites excluding steroid dienone is 1. The van der Waals surface area contributed by atoms with Crippen molar-refractivity contribution in [1.82, 2.24) is 10.0 Å². The molecule has 0 atom stereocenters. The average molecular weight is 398 g/mol. The van der Waals surface area contributed by atoms with Gasteiger partial charge in [0.2, 0.25) is 10.0 Å². The van der Waals surface area contributed by atoms with Gasteiger partial charge in [-0.3, -0.25) is 4.79 Å². The standard InChI is InChI=1S/C18H23FN2O5S/c1-20-27(24,25)14-7-8-16(19)15(11-14)18(23)26-12-17(22)21-10-9-13-5-3-2-4-6-13/h5,7-8,11,20H,2-4,6,9-10,12H2,1H3,(H,21,22). The number of rotatable bonds is 8. The van der Waals surface area contributed by atoms with Crippen molar-refractivity contribution in [3.63, 3.8) is 0 Å². The molecule has 1 aliphatic carbocycles. The number of hydrogen-bond donors (Lipinski definition) is 2. The molecule has 0 aromatic heterocycles. The number of carbonyl (C=O) groups is 2. The predicted octanol–water partition coefficient (Wildman–Crippen LogP) is 1.90. The van der Waals surface area contributed by atoms with Crippen LogP contribution in [0.15, 0.2) is 34.7 Å². The summed E-state index contributed by atoms with van der Waals surface area (Å²) in [5, 5.41) is 2.64. The lowest BCUT2D eigenvalue weighted by atomic mass is 9.97. The van der Waals surface area contributed by atoms with Crippen molar-refractivity contribution in [2.24, 2.45) is 0 Å². The van der Waals surface area contributed by atoms with Gasteiger partial charge in [0.05, 0.1) is 10.5 Å². The third-order valence-corrected chi connectivity index (χ3v) is 5.64. The topological polar surface area (TPSA) is 102 Å². The van der Waals surface area contributed by atoms with Crippen LogP contribution in [0.4, 0.5) is 4.39 Å². The van der Waals surface area contributed by atoms with Crippen molar-refractivity contribution in [3.8, 4) is 0 Å².